The number of rotatable bonds is 1. The zero-order valence-electron chi connectivity index (χ0n) is 10.2. The molecule has 96 valence electrons. The van der Waals surface area contributed by atoms with E-state index in [2.05, 4.69) is 0 Å². The van der Waals surface area contributed by atoms with Crippen LogP contribution in [-0.2, 0) is 34.7 Å². The predicted octanol–water partition coefficient (Wildman–Crippen LogP) is 0.449. The van der Waals surface area contributed by atoms with Gasteiger partial charge >= 0.3 is 5.97 Å². The van der Waals surface area contributed by atoms with Gasteiger partial charge in [0.15, 0.2) is 5.60 Å². The Balaban J connectivity index is 2.29. The minimum Gasteiger partial charge on any atom is -0.458 e. The number of aryl methyl sites for hydroxylation is 1. The maximum atomic E-state index is 12.3. The Morgan fingerprint density at radius 1 is 1.50 bits per heavy atom. The van der Waals surface area contributed by atoms with E-state index in [1.54, 1.807) is 17.6 Å². The Morgan fingerprint density at radius 2 is 2.28 bits per heavy atom. The van der Waals surface area contributed by atoms with E-state index >= 15 is 0 Å². The van der Waals surface area contributed by atoms with E-state index in [1.807, 2.05) is 0 Å². The molecule has 1 atom stereocenters. The second-order valence-corrected chi connectivity index (χ2v) is 4.88. The number of fused-ring (bicyclic) bond motifs is 2. The SMILES string of the molecule is CCC1(O)C(=O)OCc2c1cc1n(c2=O)CCC1. The zero-order valence-corrected chi connectivity index (χ0v) is 10.2. The Labute approximate surface area is 104 Å². The summed E-state index contributed by atoms with van der Waals surface area (Å²) in [5.74, 6) is -0.653. The smallest absolute Gasteiger partial charge is 0.343 e. The van der Waals surface area contributed by atoms with Gasteiger partial charge in [-0.1, -0.05) is 6.92 Å². The minimum atomic E-state index is -1.66. The van der Waals surface area contributed by atoms with Crippen LogP contribution in [0.1, 0.15) is 36.6 Å². The van der Waals surface area contributed by atoms with Crippen LogP contribution in [0.2, 0.25) is 0 Å². The van der Waals surface area contributed by atoms with E-state index in [0.29, 0.717) is 17.7 Å². The van der Waals surface area contributed by atoms with Gasteiger partial charge in [0.2, 0.25) is 0 Å². The second kappa shape index (κ2) is 3.68. The van der Waals surface area contributed by atoms with Crippen LogP contribution in [0.15, 0.2) is 10.9 Å². The third-order valence-electron chi connectivity index (χ3n) is 3.94. The molecule has 0 saturated carbocycles. The van der Waals surface area contributed by atoms with Gasteiger partial charge in [0.05, 0.1) is 5.56 Å². The molecular formula is C13H15NO4. The van der Waals surface area contributed by atoms with Crippen molar-refractivity contribution in [2.75, 3.05) is 0 Å². The second-order valence-electron chi connectivity index (χ2n) is 4.88. The quantitative estimate of drug-likeness (QED) is 0.734. The number of carbonyl (C=O) groups excluding carboxylic acids is 1. The first kappa shape index (κ1) is 11.5. The standard InChI is InChI=1S/C13H15NO4/c1-2-13(17)10-6-8-4-3-5-14(8)11(15)9(10)7-18-12(13)16/h6,17H,2-5,7H2,1H3. The summed E-state index contributed by atoms with van der Waals surface area (Å²) in [6.45, 7) is 2.39. The predicted molar refractivity (Wildman–Crippen MR) is 63.0 cm³/mol. The number of aromatic nitrogens is 1. The number of ether oxygens (including phenoxy) is 1. The molecule has 1 N–H and O–H groups in total. The molecule has 18 heavy (non-hydrogen) atoms. The summed E-state index contributed by atoms with van der Waals surface area (Å²) in [6.07, 6.45) is 1.95. The molecule has 0 saturated heterocycles. The van der Waals surface area contributed by atoms with Gasteiger partial charge in [0.25, 0.3) is 5.56 Å². The lowest BCUT2D eigenvalue weighted by molar-refractivity contribution is -0.172. The van der Waals surface area contributed by atoms with Gasteiger partial charge in [-0.15, -0.1) is 0 Å². The van der Waals surface area contributed by atoms with Crippen LogP contribution >= 0.6 is 0 Å². The first-order valence-electron chi connectivity index (χ1n) is 6.23. The van der Waals surface area contributed by atoms with E-state index in [4.69, 9.17) is 4.74 Å². The maximum absolute atomic E-state index is 12.3. The summed E-state index contributed by atoms with van der Waals surface area (Å²) in [7, 11) is 0. The highest BCUT2D eigenvalue weighted by Crippen LogP contribution is 2.34. The van der Waals surface area contributed by atoms with Crippen LogP contribution in [0, 0.1) is 0 Å². The van der Waals surface area contributed by atoms with Crippen LogP contribution in [0.3, 0.4) is 0 Å². The summed E-state index contributed by atoms with van der Waals surface area (Å²) in [5, 5.41) is 10.4. The molecule has 2 aliphatic rings. The van der Waals surface area contributed by atoms with Gasteiger partial charge in [0.1, 0.15) is 6.61 Å². The van der Waals surface area contributed by atoms with Crippen molar-refractivity contribution in [3.05, 3.63) is 33.2 Å². The molecule has 1 aromatic rings. The molecule has 0 amide bonds. The number of nitrogens with zero attached hydrogens (tertiary/aromatic N) is 1. The molecule has 3 heterocycles. The van der Waals surface area contributed by atoms with Crippen molar-refractivity contribution in [1.29, 1.82) is 0 Å². The molecule has 0 spiro atoms. The number of hydrogen-bond donors (Lipinski definition) is 1. The van der Waals surface area contributed by atoms with Crippen molar-refractivity contribution < 1.29 is 14.6 Å². The monoisotopic (exact) mass is 249 g/mol. The average molecular weight is 249 g/mol. The first-order valence-corrected chi connectivity index (χ1v) is 6.23. The molecule has 0 bridgehead atoms. The molecule has 3 rings (SSSR count). The zero-order chi connectivity index (χ0) is 12.9. The fourth-order valence-corrected chi connectivity index (χ4v) is 2.82. The molecule has 5 heteroatoms. The molecule has 2 aliphatic heterocycles. The number of hydrogen-bond acceptors (Lipinski definition) is 4. The summed E-state index contributed by atoms with van der Waals surface area (Å²) in [6, 6.07) is 1.80. The number of carbonyl (C=O) groups is 1. The van der Waals surface area contributed by atoms with Crippen molar-refractivity contribution in [3.8, 4) is 0 Å². The Kier molecular flexibility index (Phi) is 2.35. The van der Waals surface area contributed by atoms with E-state index in [0.717, 1.165) is 18.5 Å². The molecule has 0 aromatic carbocycles. The molecular weight excluding hydrogens is 234 g/mol. The van der Waals surface area contributed by atoms with Crippen LogP contribution in [-0.4, -0.2) is 15.6 Å². The lowest BCUT2D eigenvalue weighted by atomic mass is 9.86. The number of aliphatic hydroxyl groups is 1. The van der Waals surface area contributed by atoms with Crippen LogP contribution in [0.5, 0.6) is 0 Å². The summed E-state index contributed by atoms with van der Waals surface area (Å²) < 4.78 is 6.67. The molecule has 1 aromatic heterocycles. The lowest BCUT2D eigenvalue weighted by Gasteiger charge is -2.31. The van der Waals surface area contributed by atoms with Gasteiger partial charge in [-0.2, -0.15) is 0 Å². The normalized spacial score (nSPS) is 25.6. The van der Waals surface area contributed by atoms with E-state index in [1.165, 1.54) is 0 Å². The lowest BCUT2D eigenvalue weighted by Crippen LogP contribution is -2.44. The fraction of sp³-hybridized carbons (Fsp3) is 0.538. The summed E-state index contributed by atoms with van der Waals surface area (Å²) in [5.41, 5.74) is -0.0195. The maximum Gasteiger partial charge on any atom is 0.343 e. The Bertz CT molecular complexity index is 589. The van der Waals surface area contributed by atoms with Gasteiger partial charge in [-0.25, -0.2) is 4.79 Å². The van der Waals surface area contributed by atoms with Crippen molar-refractivity contribution in [2.24, 2.45) is 0 Å². The highest BCUT2D eigenvalue weighted by Gasteiger charge is 2.44. The van der Waals surface area contributed by atoms with E-state index in [-0.39, 0.29) is 18.6 Å². The van der Waals surface area contributed by atoms with Gasteiger partial charge in [-0.05, 0) is 25.3 Å². The Hall–Kier alpha value is -1.62. The fourth-order valence-electron chi connectivity index (χ4n) is 2.82. The van der Waals surface area contributed by atoms with Crippen molar-refractivity contribution in [3.63, 3.8) is 0 Å². The first-order chi connectivity index (χ1) is 8.58. The minimum absolute atomic E-state index is 0.0322. The molecule has 0 fully saturated rings. The topological polar surface area (TPSA) is 68.5 Å². The molecule has 5 nitrogen and oxygen atoms in total. The molecule has 1 unspecified atom stereocenters. The van der Waals surface area contributed by atoms with Crippen molar-refractivity contribution in [1.82, 2.24) is 4.57 Å². The third-order valence-corrected chi connectivity index (χ3v) is 3.94. The van der Waals surface area contributed by atoms with E-state index in [9.17, 15) is 14.7 Å². The highest BCUT2D eigenvalue weighted by atomic mass is 16.6. The Morgan fingerprint density at radius 3 is 3.00 bits per heavy atom. The van der Waals surface area contributed by atoms with Crippen LogP contribution < -0.4 is 5.56 Å². The van der Waals surface area contributed by atoms with Gasteiger partial charge in [-0.3, -0.25) is 4.79 Å². The molecule has 0 aliphatic carbocycles. The largest absolute Gasteiger partial charge is 0.458 e. The molecule has 0 radical (unpaired) electrons. The average Bonchev–Trinajstić information content (AvgIpc) is 2.83. The van der Waals surface area contributed by atoms with Crippen molar-refractivity contribution in [2.45, 2.75) is 44.9 Å². The highest BCUT2D eigenvalue weighted by molar-refractivity contribution is 5.83. The summed E-state index contributed by atoms with van der Waals surface area (Å²) >= 11 is 0. The number of esters is 1. The van der Waals surface area contributed by atoms with Crippen LogP contribution in [0.25, 0.3) is 0 Å². The third kappa shape index (κ3) is 1.31. The van der Waals surface area contributed by atoms with Crippen LogP contribution in [0.4, 0.5) is 0 Å². The van der Waals surface area contributed by atoms with E-state index < -0.39 is 11.6 Å². The summed E-state index contributed by atoms with van der Waals surface area (Å²) in [4.78, 5) is 24.0. The number of pyridine rings is 1. The number of cyclic esters (lactones) is 1. The van der Waals surface area contributed by atoms with Crippen molar-refractivity contribution >= 4 is 5.97 Å². The van der Waals surface area contributed by atoms with Gasteiger partial charge in [0, 0.05) is 17.8 Å². The van der Waals surface area contributed by atoms with Gasteiger partial charge < -0.3 is 14.4 Å².